The zero-order valence-electron chi connectivity index (χ0n) is 8.37. The number of hydrogen-bond acceptors (Lipinski definition) is 4. The molecule has 0 aliphatic carbocycles. The van der Waals surface area contributed by atoms with E-state index in [-0.39, 0.29) is 11.6 Å². The maximum Gasteiger partial charge on any atom is 0.314 e. The Morgan fingerprint density at radius 1 is 1.71 bits per heavy atom. The van der Waals surface area contributed by atoms with Crippen LogP contribution in [0.4, 0.5) is 0 Å². The quantitative estimate of drug-likeness (QED) is 0.636. The standard InChI is InChI=1S/C9H14N2O3/c1-3-14-9(13)6(2)7-8(12)11-5-4-10-7/h6H,3-5H2,1-2H3,(H,11,12). The zero-order chi connectivity index (χ0) is 10.6. The van der Waals surface area contributed by atoms with Crippen molar-refractivity contribution in [3.05, 3.63) is 0 Å². The van der Waals surface area contributed by atoms with Crippen LogP contribution in [0.3, 0.4) is 0 Å². The third-order valence-corrected chi connectivity index (χ3v) is 1.96. The number of rotatable bonds is 3. The molecule has 0 fully saturated rings. The Hall–Kier alpha value is -1.39. The average Bonchev–Trinajstić information content (AvgIpc) is 2.18. The first-order valence-corrected chi connectivity index (χ1v) is 4.66. The summed E-state index contributed by atoms with van der Waals surface area (Å²) in [5, 5.41) is 2.63. The van der Waals surface area contributed by atoms with Crippen LogP contribution >= 0.6 is 0 Å². The second kappa shape index (κ2) is 4.74. The van der Waals surface area contributed by atoms with Gasteiger partial charge >= 0.3 is 5.97 Å². The number of amides is 1. The van der Waals surface area contributed by atoms with Gasteiger partial charge in [0.1, 0.15) is 11.6 Å². The summed E-state index contributed by atoms with van der Waals surface area (Å²) in [5.74, 6) is -1.24. The van der Waals surface area contributed by atoms with Crippen molar-refractivity contribution >= 4 is 17.6 Å². The summed E-state index contributed by atoms with van der Waals surface area (Å²) in [6, 6.07) is 0. The lowest BCUT2D eigenvalue weighted by atomic mass is 10.0. The fraction of sp³-hybridized carbons (Fsp3) is 0.667. The summed E-state index contributed by atoms with van der Waals surface area (Å²) in [5.41, 5.74) is 0.273. The van der Waals surface area contributed by atoms with Crippen LogP contribution in [-0.2, 0) is 14.3 Å². The zero-order valence-corrected chi connectivity index (χ0v) is 8.37. The maximum atomic E-state index is 11.3. The Balaban J connectivity index is 2.67. The number of hydrogen-bond donors (Lipinski definition) is 1. The third kappa shape index (κ3) is 2.31. The Morgan fingerprint density at radius 2 is 2.43 bits per heavy atom. The van der Waals surface area contributed by atoms with Crippen molar-refractivity contribution < 1.29 is 14.3 Å². The van der Waals surface area contributed by atoms with Crippen LogP contribution in [-0.4, -0.2) is 37.3 Å². The van der Waals surface area contributed by atoms with Gasteiger partial charge in [0.25, 0.3) is 5.91 Å². The fourth-order valence-electron chi connectivity index (χ4n) is 1.22. The molecule has 0 saturated heterocycles. The van der Waals surface area contributed by atoms with E-state index in [1.54, 1.807) is 13.8 Å². The fourth-order valence-corrected chi connectivity index (χ4v) is 1.22. The van der Waals surface area contributed by atoms with E-state index in [2.05, 4.69) is 10.3 Å². The summed E-state index contributed by atoms with van der Waals surface area (Å²) in [6.07, 6.45) is 0. The topological polar surface area (TPSA) is 67.8 Å². The van der Waals surface area contributed by atoms with Crippen molar-refractivity contribution in [2.75, 3.05) is 19.7 Å². The molecule has 1 amide bonds. The highest BCUT2D eigenvalue weighted by Crippen LogP contribution is 2.05. The number of aliphatic imine (C=N–C) groups is 1. The molecule has 0 aromatic carbocycles. The molecule has 14 heavy (non-hydrogen) atoms. The van der Waals surface area contributed by atoms with E-state index in [4.69, 9.17) is 4.74 Å². The molecule has 0 radical (unpaired) electrons. The number of carbonyl (C=O) groups is 2. The SMILES string of the molecule is CCOC(=O)C(C)C1=NCCNC1=O. The van der Waals surface area contributed by atoms with Crippen LogP contribution in [0.1, 0.15) is 13.8 Å². The Bertz CT molecular complexity index is 273. The molecule has 1 unspecified atom stereocenters. The maximum absolute atomic E-state index is 11.3. The van der Waals surface area contributed by atoms with E-state index >= 15 is 0 Å². The number of nitrogens with one attached hydrogen (secondary N) is 1. The van der Waals surface area contributed by atoms with E-state index < -0.39 is 11.9 Å². The molecule has 1 aliphatic heterocycles. The first kappa shape index (κ1) is 10.7. The number of nitrogens with zero attached hydrogens (tertiary/aromatic N) is 1. The minimum absolute atomic E-state index is 0.267. The number of carbonyl (C=O) groups excluding carboxylic acids is 2. The first-order chi connectivity index (χ1) is 6.66. The summed E-state index contributed by atoms with van der Waals surface area (Å²) >= 11 is 0. The molecule has 0 spiro atoms. The summed E-state index contributed by atoms with van der Waals surface area (Å²) in [6.45, 7) is 4.75. The molecule has 1 N–H and O–H groups in total. The lowest BCUT2D eigenvalue weighted by Gasteiger charge is -2.16. The van der Waals surface area contributed by atoms with Crippen molar-refractivity contribution in [2.24, 2.45) is 10.9 Å². The van der Waals surface area contributed by atoms with Gasteiger partial charge < -0.3 is 10.1 Å². The first-order valence-electron chi connectivity index (χ1n) is 4.66. The summed E-state index contributed by atoms with van der Waals surface area (Å²) in [4.78, 5) is 26.6. The molecule has 0 aromatic rings. The molecule has 0 bridgehead atoms. The molecule has 5 heteroatoms. The van der Waals surface area contributed by atoms with Crippen LogP contribution in [0.15, 0.2) is 4.99 Å². The van der Waals surface area contributed by atoms with Gasteiger partial charge in [-0.25, -0.2) is 0 Å². The molecular weight excluding hydrogens is 184 g/mol. The van der Waals surface area contributed by atoms with Gasteiger partial charge in [-0.1, -0.05) is 0 Å². The summed E-state index contributed by atoms with van der Waals surface area (Å²) < 4.78 is 4.81. The normalized spacial score (nSPS) is 18.1. The molecule has 5 nitrogen and oxygen atoms in total. The van der Waals surface area contributed by atoms with Crippen molar-refractivity contribution in [1.82, 2.24) is 5.32 Å². The van der Waals surface area contributed by atoms with Crippen molar-refractivity contribution in [3.8, 4) is 0 Å². The smallest absolute Gasteiger partial charge is 0.314 e. The highest BCUT2D eigenvalue weighted by molar-refractivity contribution is 6.42. The Morgan fingerprint density at radius 3 is 3.00 bits per heavy atom. The van der Waals surface area contributed by atoms with E-state index in [1.807, 2.05) is 0 Å². The average molecular weight is 198 g/mol. The van der Waals surface area contributed by atoms with Crippen molar-refractivity contribution in [3.63, 3.8) is 0 Å². The van der Waals surface area contributed by atoms with Crippen LogP contribution in [0.5, 0.6) is 0 Å². The Kier molecular flexibility index (Phi) is 3.62. The molecule has 78 valence electrons. The van der Waals surface area contributed by atoms with Gasteiger partial charge in [0, 0.05) is 6.54 Å². The highest BCUT2D eigenvalue weighted by atomic mass is 16.5. The van der Waals surface area contributed by atoms with Gasteiger partial charge in [-0.15, -0.1) is 0 Å². The van der Waals surface area contributed by atoms with E-state index in [9.17, 15) is 9.59 Å². The predicted molar refractivity (Wildman–Crippen MR) is 51.1 cm³/mol. The molecule has 1 heterocycles. The van der Waals surface area contributed by atoms with Gasteiger partial charge in [-0.05, 0) is 13.8 Å². The lowest BCUT2D eigenvalue weighted by Crippen LogP contribution is -2.42. The van der Waals surface area contributed by atoms with Crippen molar-refractivity contribution in [2.45, 2.75) is 13.8 Å². The molecule has 0 aromatic heterocycles. The molecular formula is C9H14N2O3. The second-order valence-electron chi connectivity index (χ2n) is 3.00. The molecule has 1 atom stereocenters. The van der Waals surface area contributed by atoms with Gasteiger partial charge in [-0.2, -0.15) is 0 Å². The van der Waals surface area contributed by atoms with E-state index in [0.29, 0.717) is 19.7 Å². The minimum Gasteiger partial charge on any atom is -0.465 e. The lowest BCUT2D eigenvalue weighted by molar-refractivity contribution is -0.145. The van der Waals surface area contributed by atoms with Crippen molar-refractivity contribution in [1.29, 1.82) is 0 Å². The largest absolute Gasteiger partial charge is 0.465 e. The van der Waals surface area contributed by atoms with Crippen LogP contribution in [0.25, 0.3) is 0 Å². The second-order valence-corrected chi connectivity index (χ2v) is 3.00. The van der Waals surface area contributed by atoms with Gasteiger partial charge in [0.15, 0.2) is 0 Å². The van der Waals surface area contributed by atoms with Crippen LogP contribution in [0.2, 0.25) is 0 Å². The third-order valence-electron chi connectivity index (χ3n) is 1.96. The van der Waals surface area contributed by atoms with E-state index in [0.717, 1.165) is 0 Å². The number of ether oxygens (including phenoxy) is 1. The minimum atomic E-state index is -0.574. The van der Waals surface area contributed by atoms with E-state index in [1.165, 1.54) is 0 Å². The molecule has 1 aliphatic rings. The predicted octanol–water partition coefficient (Wildman–Crippen LogP) is -0.244. The molecule has 0 saturated carbocycles. The van der Waals surface area contributed by atoms with Crippen LogP contribution < -0.4 is 5.32 Å². The highest BCUT2D eigenvalue weighted by Gasteiger charge is 2.27. The number of esters is 1. The van der Waals surface area contributed by atoms with Crippen LogP contribution in [0, 0.1) is 5.92 Å². The monoisotopic (exact) mass is 198 g/mol. The van der Waals surface area contributed by atoms with Gasteiger partial charge in [0.05, 0.1) is 13.2 Å². The summed E-state index contributed by atoms with van der Waals surface area (Å²) in [7, 11) is 0. The van der Waals surface area contributed by atoms with Gasteiger partial charge in [-0.3, -0.25) is 14.6 Å². The molecule has 1 rings (SSSR count). The van der Waals surface area contributed by atoms with Gasteiger partial charge in [0.2, 0.25) is 0 Å². The Labute approximate surface area is 82.5 Å².